The smallest absolute Gasteiger partial charge is 0.407 e. The monoisotopic (exact) mass is 593 g/mol. The molecule has 4 heterocycles. The van der Waals surface area contributed by atoms with Crippen molar-refractivity contribution in [3.05, 3.63) is 44.9 Å². The number of aromatic nitrogens is 2. The normalized spacial score (nSPS) is 27.8. The Kier molecular flexibility index (Phi) is 9.55. The number of aromatic amines is 1. The summed E-state index contributed by atoms with van der Waals surface area (Å²) in [5.74, 6) is -1.73. The van der Waals surface area contributed by atoms with Crippen LogP contribution in [-0.2, 0) is 28.5 Å². The van der Waals surface area contributed by atoms with Crippen molar-refractivity contribution in [1.82, 2.24) is 24.7 Å². The van der Waals surface area contributed by atoms with Gasteiger partial charge in [-0.15, -0.1) is 0 Å². The number of nitrogens with zero attached hydrogens (tertiary/aromatic N) is 3. The Hall–Kier alpha value is -3.53. The maximum atomic E-state index is 13.7. The molecule has 1 aromatic heterocycles. The molecular formula is C27H39N5O10. The minimum Gasteiger partial charge on any atom is -0.477 e. The van der Waals surface area contributed by atoms with Crippen LogP contribution in [0.2, 0.25) is 0 Å². The van der Waals surface area contributed by atoms with Crippen LogP contribution in [0.1, 0.15) is 52.7 Å². The van der Waals surface area contributed by atoms with Crippen molar-refractivity contribution < 1.29 is 38.4 Å². The lowest BCUT2D eigenvalue weighted by Crippen LogP contribution is -2.56. The van der Waals surface area contributed by atoms with Crippen molar-refractivity contribution in [2.45, 2.75) is 88.9 Å². The van der Waals surface area contributed by atoms with Gasteiger partial charge in [0, 0.05) is 38.8 Å². The van der Waals surface area contributed by atoms with Crippen LogP contribution >= 0.6 is 0 Å². The molecule has 0 spiro atoms. The average molecular weight is 594 g/mol. The minimum absolute atomic E-state index is 0.150. The van der Waals surface area contributed by atoms with E-state index >= 15 is 0 Å². The largest absolute Gasteiger partial charge is 0.477 e. The van der Waals surface area contributed by atoms with Crippen LogP contribution in [0.25, 0.3) is 0 Å². The van der Waals surface area contributed by atoms with Crippen molar-refractivity contribution in [3.63, 3.8) is 0 Å². The van der Waals surface area contributed by atoms with E-state index in [1.165, 1.54) is 30.0 Å². The highest BCUT2D eigenvalue weighted by atomic mass is 16.7. The predicted molar refractivity (Wildman–Crippen MR) is 146 cm³/mol. The fraction of sp³-hybridized carbons (Fsp3) is 0.667. The Labute approximate surface area is 242 Å². The standard InChI is InChI=1S/C27H39N5O10/c1-27(2,3)42-26(38)28-14-15-6-9-20(39-15)41-22(21-23(34)31(5)16(24(35)36)10-12-30(21)4)17-7-8-19(40-17)32-13-11-18(33)29-25(32)37/h10-11,13,15,17,19-22H,6-9,12,14H2,1-5H3,(H,28,38)(H,35,36)(H,29,33,37)/t15-,17-,19+,20-,21-,22+/m0/s1. The van der Waals surface area contributed by atoms with E-state index in [9.17, 15) is 29.1 Å². The number of nitrogens with one attached hydrogen (secondary N) is 2. The van der Waals surface area contributed by atoms with Crippen molar-refractivity contribution in [3.8, 4) is 0 Å². The zero-order chi connectivity index (χ0) is 30.8. The Balaban J connectivity index is 1.52. The Bertz CT molecular complexity index is 1320. The predicted octanol–water partition coefficient (Wildman–Crippen LogP) is 0.370. The van der Waals surface area contributed by atoms with Gasteiger partial charge in [-0.2, -0.15) is 0 Å². The summed E-state index contributed by atoms with van der Waals surface area (Å²) in [6.45, 7) is 5.66. The minimum atomic E-state index is -1.23. The number of amides is 2. The molecule has 0 saturated carbocycles. The SMILES string of the molecule is CN1C(=O)[C@H]([C@H](O[C@H]2CC[C@@H](CNC(=O)OC(C)(C)C)O2)[C@@H]2CC[C@H](n3ccc(=O)[nH]c3=O)O2)N(C)CC=C1C(=O)O. The molecule has 0 unspecified atom stereocenters. The maximum absolute atomic E-state index is 13.7. The molecule has 2 amide bonds. The molecule has 1 aromatic rings. The van der Waals surface area contributed by atoms with Gasteiger partial charge >= 0.3 is 17.8 Å². The van der Waals surface area contributed by atoms with Crippen molar-refractivity contribution in [2.24, 2.45) is 0 Å². The molecule has 0 radical (unpaired) electrons. The van der Waals surface area contributed by atoms with Crippen LogP contribution in [-0.4, -0.2) is 106 Å². The summed E-state index contributed by atoms with van der Waals surface area (Å²) >= 11 is 0. The number of hydrogen-bond donors (Lipinski definition) is 3. The Morgan fingerprint density at radius 1 is 1.14 bits per heavy atom. The summed E-state index contributed by atoms with van der Waals surface area (Å²) in [6, 6.07) is 0.280. The number of alkyl carbamates (subject to hydrolysis) is 1. The number of carboxylic acid groups (broad SMARTS) is 1. The number of carboxylic acids is 1. The number of H-pyrrole nitrogens is 1. The van der Waals surface area contributed by atoms with Gasteiger partial charge in [0.2, 0.25) is 5.91 Å². The third-order valence-electron chi connectivity index (χ3n) is 7.33. The topological polar surface area (TPSA) is 182 Å². The van der Waals surface area contributed by atoms with Gasteiger partial charge in [0.05, 0.1) is 12.2 Å². The quantitative estimate of drug-likeness (QED) is 0.379. The molecule has 0 aliphatic carbocycles. The Morgan fingerprint density at radius 2 is 1.88 bits per heavy atom. The number of carbonyl (C=O) groups excluding carboxylic acids is 2. The van der Waals surface area contributed by atoms with Gasteiger partial charge in [0.25, 0.3) is 5.56 Å². The molecule has 3 aliphatic rings. The molecule has 0 bridgehead atoms. The zero-order valence-electron chi connectivity index (χ0n) is 24.4. The van der Waals surface area contributed by atoms with Gasteiger partial charge in [0.1, 0.15) is 29.7 Å². The van der Waals surface area contributed by atoms with Gasteiger partial charge in [-0.25, -0.2) is 14.4 Å². The second-order valence-electron chi connectivity index (χ2n) is 11.6. The molecule has 232 valence electrons. The summed E-state index contributed by atoms with van der Waals surface area (Å²) in [7, 11) is 3.09. The molecule has 3 N–H and O–H groups in total. The van der Waals surface area contributed by atoms with Crippen molar-refractivity contribution in [1.29, 1.82) is 0 Å². The van der Waals surface area contributed by atoms with Gasteiger partial charge in [-0.05, 0) is 53.2 Å². The first-order valence-corrected chi connectivity index (χ1v) is 13.9. The molecule has 6 atom stereocenters. The molecule has 15 nitrogen and oxygen atoms in total. The van der Waals surface area contributed by atoms with E-state index < -0.39 is 65.6 Å². The first kappa shape index (κ1) is 31.4. The van der Waals surface area contributed by atoms with E-state index in [1.54, 1.807) is 32.7 Å². The lowest BCUT2D eigenvalue weighted by Gasteiger charge is -2.37. The summed E-state index contributed by atoms with van der Waals surface area (Å²) in [5.41, 5.74) is -1.94. The summed E-state index contributed by atoms with van der Waals surface area (Å²) in [6.07, 6.45) is 0.743. The van der Waals surface area contributed by atoms with Crippen LogP contribution in [0.3, 0.4) is 0 Å². The second-order valence-corrected chi connectivity index (χ2v) is 11.6. The highest BCUT2D eigenvalue weighted by Crippen LogP contribution is 2.35. The molecule has 3 aliphatic heterocycles. The Morgan fingerprint density at radius 3 is 2.55 bits per heavy atom. The third kappa shape index (κ3) is 7.45. The van der Waals surface area contributed by atoms with Crippen molar-refractivity contribution >= 4 is 18.0 Å². The molecular weight excluding hydrogens is 554 g/mol. The zero-order valence-corrected chi connectivity index (χ0v) is 24.4. The molecule has 4 rings (SSSR count). The fourth-order valence-corrected chi connectivity index (χ4v) is 5.33. The first-order chi connectivity index (χ1) is 19.7. The number of hydrogen-bond acceptors (Lipinski definition) is 10. The van der Waals surface area contributed by atoms with E-state index in [1.807, 2.05) is 0 Å². The van der Waals surface area contributed by atoms with Crippen molar-refractivity contribution in [2.75, 3.05) is 27.2 Å². The highest BCUT2D eigenvalue weighted by Gasteiger charge is 2.47. The number of ether oxygens (including phenoxy) is 4. The molecule has 0 aromatic carbocycles. The van der Waals surface area contributed by atoms with Crippen LogP contribution in [0.4, 0.5) is 4.79 Å². The number of carbonyl (C=O) groups is 3. The van der Waals surface area contributed by atoms with E-state index in [0.717, 1.165) is 4.90 Å². The van der Waals surface area contributed by atoms with E-state index in [0.29, 0.717) is 25.7 Å². The lowest BCUT2D eigenvalue weighted by atomic mass is 10.00. The third-order valence-corrected chi connectivity index (χ3v) is 7.33. The van der Waals surface area contributed by atoms with Gasteiger partial charge < -0.3 is 34.3 Å². The first-order valence-electron chi connectivity index (χ1n) is 13.9. The summed E-state index contributed by atoms with van der Waals surface area (Å²) < 4.78 is 25.3. The van der Waals surface area contributed by atoms with Gasteiger partial charge in [-0.3, -0.25) is 24.0 Å². The number of rotatable bonds is 8. The number of aliphatic carboxylic acids is 1. The number of likely N-dealkylation sites (N-methyl/N-ethyl adjacent to an activating group) is 2. The lowest BCUT2D eigenvalue weighted by molar-refractivity contribution is -0.208. The molecule has 42 heavy (non-hydrogen) atoms. The summed E-state index contributed by atoms with van der Waals surface area (Å²) in [5, 5.41) is 12.3. The van der Waals surface area contributed by atoms with Crippen LogP contribution in [0, 0.1) is 0 Å². The maximum Gasteiger partial charge on any atom is 0.407 e. The average Bonchev–Trinajstić information content (AvgIpc) is 3.53. The van der Waals surface area contributed by atoms with E-state index in [4.69, 9.17) is 18.9 Å². The van der Waals surface area contributed by atoms with Gasteiger partial charge in [-0.1, -0.05) is 0 Å². The van der Waals surface area contributed by atoms with Crippen LogP contribution in [0.5, 0.6) is 0 Å². The second kappa shape index (κ2) is 12.8. The summed E-state index contributed by atoms with van der Waals surface area (Å²) in [4.78, 5) is 66.5. The van der Waals surface area contributed by atoms with E-state index in [-0.39, 0.29) is 24.9 Å². The highest BCUT2D eigenvalue weighted by molar-refractivity contribution is 5.95. The molecule has 2 fully saturated rings. The molecule has 2 saturated heterocycles. The van der Waals surface area contributed by atoms with Gasteiger partial charge in [0.15, 0.2) is 6.29 Å². The van der Waals surface area contributed by atoms with Crippen LogP contribution < -0.4 is 16.6 Å². The van der Waals surface area contributed by atoms with Crippen LogP contribution in [0.15, 0.2) is 33.6 Å². The fourth-order valence-electron chi connectivity index (χ4n) is 5.33. The van der Waals surface area contributed by atoms with E-state index in [2.05, 4.69) is 10.3 Å². The molecule has 15 heteroatoms.